The van der Waals surface area contributed by atoms with Crippen molar-refractivity contribution >= 4 is 5.69 Å². The first-order chi connectivity index (χ1) is 8.67. The fourth-order valence-corrected chi connectivity index (χ4v) is 2.49. The van der Waals surface area contributed by atoms with Crippen LogP contribution < -0.4 is 10.6 Å². The number of hydrogen-bond donors (Lipinski definition) is 2. The van der Waals surface area contributed by atoms with Crippen molar-refractivity contribution < 1.29 is 5.11 Å². The average molecular weight is 250 g/mol. The van der Waals surface area contributed by atoms with E-state index in [2.05, 4.69) is 43.9 Å². The molecule has 0 aliphatic heterocycles. The van der Waals surface area contributed by atoms with E-state index in [1.165, 1.54) is 11.3 Å². The molecule has 0 unspecified atom stereocenters. The second-order valence-electron chi connectivity index (χ2n) is 4.72. The SMILES string of the molecule is CCC(CC)N(CCO)c1ccc(C)cc1CN. The van der Waals surface area contributed by atoms with Gasteiger partial charge < -0.3 is 15.7 Å². The van der Waals surface area contributed by atoms with Gasteiger partial charge in [0.2, 0.25) is 0 Å². The monoisotopic (exact) mass is 250 g/mol. The van der Waals surface area contributed by atoms with Crippen LogP contribution in [-0.2, 0) is 6.54 Å². The molecule has 0 atom stereocenters. The van der Waals surface area contributed by atoms with Gasteiger partial charge in [0.15, 0.2) is 0 Å². The minimum atomic E-state index is 0.175. The van der Waals surface area contributed by atoms with Crippen LogP contribution in [0, 0.1) is 6.92 Å². The van der Waals surface area contributed by atoms with Crippen molar-refractivity contribution in [3.63, 3.8) is 0 Å². The summed E-state index contributed by atoms with van der Waals surface area (Å²) in [6.07, 6.45) is 2.16. The molecule has 0 radical (unpaired) electrons. The highest BCUT2D eigenvalue weighted by molar-refractivity contribution is 5.55. The molecule has 18 heavy (non-hydrogen) atoms. The van der Waals surface area contributed by atoms with Gasteiger partial charge in [-0.2, -0.15) is 0 Å². The molecule has 1 aromatic carbocycles. The number of anilines is 1. The van der Waals surface area contributed by atoms with Crippen molar-refractivity contribution in [1.29, 1.82) is 0 Å². The molecule has 0 fully saturated rings. The molecule has 0 saturated heterocycles. The number of aliphatic hydroxyl groups excluding tert-OH is 1. The van der Waals surface area contributed by atoms with Crippen LogP contribution in [0.1, 0.15) is 37.8 Å². The van der Waals surface area contributed by atoms with Gasteiger partial charge in [0.25, 0.3) is 0 Å². The second kappa shape index (κ2) is 7.39. The number of aryl methyl sites for hydroxylation is 1. The maximum Gasteiger partial charge on any atom is 0.0606 e. The van der Waals surface area contributed by atoms with Gasteiger partial charge in [0.05, 0.1) is 6.61 Å². The zero-order valence-corrected chi connectivity index (χ0v) is 11.8. The molecule has 0 spiro atoms. The van der Waals surface area contributed by atoms with Gasteiger partial charge in [-0.25, -0.2) is 0 Å². The molecule has 0 aliphatic carbocycles. The summed E-state index contributed by atoms with van der Waals surface area (Å²) >= 11 is 0. The zero-order valence-electron chi connectivity index (χ0n) is 11.8. The number of nitrogens with zero attached hydrogens (tertiary/aromatic N) is 1. The first-order valence-electron chi connectivity index (χ1n) is 6.84. The molecule has 3 N–H and O–H groups in total. The molecular weight excluding hydrogens is 224 g/mol. The molecule has 102 valence electrons. The Labute approximate surface area is 111 Å². The topological polar surface area (TPSA) is 49.5 Å². The van der Waals surface area contributed by atoms with Gasteiger partial charge in [-0.05, 0) is 31.4 Å². The van der Waals surface area contributed by atoms with E-state index in [4.69, 9.17) is 5.73 Å². The van der Waals surface area contributed by atoms with Crippen molar-refractivity contribution in [1.82, 2.24) is 0 Å². The van der Waals surface area contributed by atoms with Crippen LogP contribution in [0.25, 0.3) is 0 Å². The van der Waals surface area contributed by atoms with Gasteiger partial charge in [-0.3, -0.25) is 0 Å². The maximum absolute atomic E-state index is 9.28. The Hall–Kier alpha value is -1.06. The van der Waals surface area contributed by atoms with E-state index < -0.39 is 0 Å². The standard InChI is InChI=1S/C15H26N2O/c1-4-14(5-2)17(8-9-18)15-7-6-12(3)10-13(15)11-16/h6-7,10,14,18H,4-5,8-9,11,16H2,1-3H3. The maximum atomic E-state index is 9.28. The Balaban J connectivity index is 3.11. The minimum absolute atomic E-state index is 0.175. The molecule has 3 heteroatoms. The van der Waals surface area contributed by atoms with E-state index >= 15 is 0 Å². The van der Waals surface area contributed by atoms with Gasteiger partial charge in [-0.15, -0.1) is 0 Å². The summed E-state index contributed by atoms with van der Waals surface area (Å²) in [6.45, 7) is 7.84. The molecular formula is C15H26N2O. The highest BCUT2D eigenvalue weighted by Crippen LogP contribution is 2.25. The smallest absolute Gasteiger partial charge is 0.0606 e. The third-order valence-corrected chi connectivity index (χ3v) is 3.49. The van der Waals surface area contributed by atoms with Crippen LogP contribution in [0.15, 0.2) is 18.2 Å². The Morgan fingerprint density at radius 3 is 2.44 bits per heavy atom. The van der Waals surface area contributed by atoms with E-state index in [1.54, 1.807) is 0 Å². The van der Waals surface area contributed by atoms with Crippen LogP contribution in [0.3, 0.4) is 0 Å². The molecule has 0 heterocycles. The lowest BCUT2D eigenvalue weighted by atomic mass is 10.0. The molecule has 0 amide bonds. The van der Waals surface area contributed by atoms with Gasteiger partial charge in [0, 0.05) is 24.8 Å². The molecule has 1 aromatic rings. The molecule has 0 aromatic heterocycles. The number of hydrogen-bond acceptors (Lipinski definition) is 3. The minimum Gasteiger partial charge on any atom is -0.395 e. The normalized spacial score (nSPS) is 11.0. The number of nitrogens with two attached hydrogens (primary N) is 1. The van der Waals surface area contributed by atoms with Crippen molar-refractivity contribution in [2.75, 3.05) is 18.1 Å². The van der Waals surface area contributed by atoms with E-state index in [1.807, 2.05) is 0 Å². The highest BCUT2D eigenvalue weighted by Gasteiger charge is 2.17. The summed E-state index contributed by atoms with van der Waals surface area (Å²) in [5.74, 6) is 0. The van der Waals surface area contributed by atoms with Crippen LogP contribution in [0.5, 0.6) is 0 Å². The summed E-state index contributed by atoms with van der Waals surface area (Å²) in [5.41, 5.74) is 9.41. The van der Waals surface area contributed by atoms with Crippen LogP contribution in [-0.4, -0.2) is 24.3 Å². The van der Waals surface area contributed by atoms with E-state index in [0.29, 0.717) is 19.1 Å². The Kier molecular flexibility index (Phi) is 6.16. The second-order valence-corrected chi connectivity index (χ2v) is 4.72. The summed E-state index contributed by atoms with van der Waals surface area (Å²) in [5, 5.41) is 9.28. The Bertz CT molecular complexity index is 362. The molecule has 3 nitrogen and oxygen atoms in total. The summed E-state index contributed by atoms with van der Waals surface area (Å²) in [4.78, 5) is 2.29. The fraction of sp³-hybridized carbons (Fsp3) is 0.600. The molecule has 0 bridgehead atoms. The average Bonchev–Trinajstić information content (AvgIpc) is 2.39. The third-order valence-electron chi connectivity index (χ3n) is 3.49. The third kappa shape index (κ3) is 3.47. The predicted molar refractivity (Wildman–Crippen MR) is 77.9 cm³/mol. The van der Waals surface area contributed by atoms with Crippen molar-refractivity contribution in [3.05, 3.63) is 29.3 Å². The molecule has 0 aliphatic rings. The molecule has 0 saturated carbocycles. The lowest BCUT2D eigenvalue weighted by molar-refractivity contribution is 0.296. The Morgan fingerprint density at radius 1 is 1.28 bits per heavy atom. The van der Waals surface area contributed by atoms with Gasteiger partial charge in [0.1, 0.15) is 0 Å². The van der Waals surface area contributed by atoms with Gasteiger partial charge in [-0.1, -0.05) is 31.5 Å². The number of aliphatic hydroxyl groups is 1. The van der Waals surface area contributed by atoms with E-state index in [9.17, 15) is 5.11 Å². The summed E-state index contributed by atoms with van der Waals surface area (Å²) < 4.78 is 0. The summed E-state index contributed by atoms with van der Waals surface area (Å²) in [7, 11) is 0. The van der Waals surface area contributed by atoms with E-state index in [0.717, 1.165) is 18.4 Å². The predicted octanol–water partition coefficient (Wildman–Crippen LogP) is 2.44. The Morgan fingerprint density at radius 2 is 1.94 bits per heavy atom. The molecule has 1 rings (SSSR count). The number of rotatable bonds is 7. The highest BCUT2D eigenvalue weighted by atomic mass is 16.3. The van der Waals surface area contributed by atoms with Crippen LogP contribution in [0.4, 0.5) is 5.69 Å². The van der Waals surface area contributed by atoms with Crippen molar-refractivity contribution in [3.8, 4) is 0 Å². The van der Waals surface area contributed by atoms with Crippen molar-refractivity contribution in [2.45, 2.75) is 46.2 Å². The number of benzene rings is 1. The largest absolute Gasteiger partial charge is 0.395 e. The van der Waals surface area contributed by atoms with Gasteiger partial charge >= 0.3 is 0 Å². The van der Waals surface area contributed by atoms with Crippen LogP contribution in [0.2, 0.25) is 0 Å². The van der Waals surface area contributed by atoms with Crippen molar-refractivity contribution in [2.24, 2.45) is 5.73 Å². The van der Waals surface area contributed by atoms with E-state index in [-0.39, 0.29) is 6.61 Å². The zero-order chi connectivity index (χ0) is 13.5. The van der Waals surface area contributed by atoms with Crippen LogP contribution >= 0.6 is 0 Å². The lowest BCUT2D eigenvalue weighted by Crippen LogP contribution is -2.37. The quantitative estimate of drug-likeness (QED) is 0.781. The lowest BCUT2D eigenvalue weighted by Gasteiger charge is -2.33. The first-order valence-corrected chi connectivity index (χ1v) is 6.84. The first kappa shape index (κ1) is 15.0. The fourth-order valence-electron chi connectivity index (χ4n) is 2.49. The summed E-state index contributed by atoms with van der Waals surface area (Å²) in [6, 6.07) is 6.85.